The molecule has 0 aromatic heterocycles. The van der Waals surface area contributed by atoms with Crippen molar-refractivity contribution in [3.05, 3.63) is 0 Å². The van der Waals surface area contributed by atoms with Crippen LogP contribution >= 0.6 is 0 Å². The van der Waals surface area contributed by atoms with Gasteiger partial charge in [0.1, 0.15) is 0 Å². The van der Waals surface area contributed by atoms with Gasteiger partial charge >= 0.3 is 11.4 Å². The number of rotatable bonds is 0. The topological polar surface area (TPSA) is 35.5 Å². The first kappa shape index (κ1) is 4.23. The molecule has 1 heterocycles. The zero-order valence-electron chi connectivity index (χ0n) is 3.21. The summed E-state index contributed by atoms with van der Waals surface area (Å²) in [5.74, 6) is 0. The summed E-state index contributed by atoms with van der Waals surface area (Å²) in [6, 6.07) is 0. The highest BCUT2D eigenvalue weighted by molar-refractivity contribution is 7.76. The van der Waals surface area contributed by atoms with Crippen molar-refractivity contribution in [2.24, 2.45) is 0 Å². The summed E-state index contributed by atoms with van der Waals surface area (Å²) >= 11 is -1.42. The molecule has 0 radical (unpaired) electrons. The molecule has 1 aliphatic rings. The van der Waals surface area contributed by atoms with Crippen LogP contribution in [0, 0.1) is 0 Å². The van der Waals surface area contributed by atoms with Gasteiger partial charge in [-0.25, -0.2) is 8.37 Å². The van der Waals surface area contributed by atoms with Gasteiger partial charge in [-0.3, -0.25) is 0 Å². The fourth-order valence-corrected chi connectivity index (χ4v) is 0.685. The van der Waals surface area contributed by atoms with Crippen molar-refractivity contribution in [2.45, 2.75) is 13.2 Å². The molecular weight excluding hydrogens is 104 g/mol. The van der Waals surface area contributed by atoms with Crippen molar-refractivity contribution in [3.8, 4) is 0 Å². The zero-order valence-corrected chi connectivity index (χ0v) is 4.03. The van der Waals surface area contributed by atoms with Gasteiger partial charge in [-0.1, -0.05) is 0 Å². The summed E-state index contributed by atoms with van der Waals surface area (Å²) < 4.78 is 18.6. The fraction of sp³-hybridized carbons (Fsp3) is 1.00. The van der Waals surface area contributed by atoms with Crippen LogP contribution in [-0.2, 0) is 19.7 Å². The Morgan fingerprint density at radius 1 is 1.67 bits per heavy atom. The third kappa shape index (κ3) is 0.589. The molecule has 0 unspecified atom stereocenters. The summed E-state index contributed by atoms with van der Waals surface area (Å²) in [6.45, 7) is 1.68. The average Bonchev–Trinajstić information content (AvgIpc) is 1.33. The molecule has 36 valence electrons. The monoisotopic (exact) mass is 108 g/mol. The second-order valence-electron chi connectivity index (χ2n) is 0.964. The van der Waals surface area contributed by atoms with Gasteiger partial charge in [-0.2, -0.15) is 4.21 Å². The van der Waals surface area contributed by atoms with Crippen LogP contribution in [0.4, 0.5) is 0 Å². The van der Waals surface area contributed by atoms with E-state index in [1.54, 1.807) is 6.92 Å². The quantitative estimate of drug-likeness (QED) is 0.436. The Balaban J connectivity index is 2.28. The van der Waals surface area contributed by atoms with Crippen LogP contribution in [0.5, 0.6) is 0 Å². The lowest BCUT2D eigenvalue weighted by Gasteiger charge is -2.18. The molecule has 0 N–H and O–H groups in total. The molecule has 3 nitrogen and oxygen atoms in total. The van der Waals surface area contributed by atoms with E-state index in [9.17, 15) is 4.21 Å². The van der Waals surface area contributed by atoms with E-state index in [-0.39, 0.29) is 6.29 Å². The molecule has 0 atom stereocenters. The molecule has 1 aliphatic heterocycles. The second-order valence-corrected chi connectivity index (χ2v) is 1.76. The summed E-state index contributed by atoms with van der Waals surface area (Å²) in [5.41, 5.74) is 0. The van der Waals surface area contributed by atoms with Crippen molar-refractivity contribution < 1.29 is 12.6 Å². The van der Waals surface area contributed by atoms with Gasteiger partial charge in [-0.05, 0) is 6.92 Å². The minimum atomic E-state index is -1.42. The second kappa shape index (κ2) is 1.29. The molecule has 0 saturated carbocycles. The molecule has 1 saturated heterocycles. The maximum absolute atomic E-state index is 9.78. The normalized spacial score (nSPS) is 44.8. The third-order valence-corrected chi connectivity index (χ3v) is 1.28. The Kier molecular flexibility index (Phi) is 0.910. The molecule has 0 aromatic carbocycles. The number of hydrogen-bond acceptors (Lipinski definition) is 3. The maximum Gasteiger partial charge on any atom is 0.309 e. The largest absolute Gasteiger partial charge is 0.309 e. The molecule has 0 aliphatic carbocycles. The van der Waals surface area contributed by atoms with Crippen LogP contribution in [0.1, 0.15) is 6.92 Å². The molecule has 6 heavy (non-hydrogen) atoms. The van der Waals surface area contributed by atoms with Gasteiger partial charge in [0.2, 0.25) is 0 Å². The fourth-order valence-electron chi connectivity index (χ4n) is 0.228. The minimum absolute atomic E-state index is 0.258. The highest BCUT2D eigenvalue weighted by Gasteiger charge is 2.22. The van der Waals surface area contributed by atoms with Crippen LogP contribution in [0.3, 0.4) is 0 Å². The predicted molar refractivity (Wildman–Crippen MR) is 19.8 cm³/mol. The molecule has 0 amide bonds. The van der Waals surface area contributed by atoms with E-state index in [4.69, 9.17) is 0 Å². The first-order valence-corrected chi connectivity index (χ1v) is 2.55. The van der Waals surface area contributed by atoms with Crippen LogP contribution in [0.15, 0.2) is 0 Å². The van der Waals surface area contributed by atoms with Crippen LogP contribution in [0.25, 0.3) is 0 Å². The van der Waals surface area contributed by atoms with Crippen LogP contribution in [-0.4, -0.2) is 10.5 Å². The number of hydrogen-bond donors (Lipinski definition) is 0. The van der Waals surface area contributed by atoms with Crippen molar-refractivity contribution in [2.75, 3.05) is 0 Å². The highest BCUT2D eigenvalue weighted by atomic mass is 32.2. The van der Waals surface area contributed by atoms with Gasteiger partial charge in [0.05, 0.1) is 0 Å². The van der Waals surface area contributed by atoms with E-state index < -0.39 is 11.4 Å². The van der Waals surface area contributed by atoms with Crippen molar-refractivity contribution >= 4 is 11.4 Å². The molecular formula is C2H4O3S. The Morgan fingerprint density at radius 2 is 2.17 bits per heavy atom. The molecule has 1 rings (SSSR count). The Bertz CT molecular complexity index is 72.9. The summed E-state index contributed by atoms with van der Waals surface area (Å²) in [5, 5.41) is 0. The molecule has 0 aromatic rings. The molecule has 4 heteroatoms. The van der Waals surface area contributed by atoms with Gasteiger partial charge in [0, 0.05) is 0 Å². The van der Waals surface area contributed by atoms with Crippen molar-refractivity contribution in [1.82, 2.24) is 0 Å². The molecule has 0 spiro atoms. The Morgan fingerprint density at radius 3 is 2.17 bits per heavy atom. The average molecular weight is 108 g/mol. The van der Waals surface area contributed by atoms with E-state index in [1.165, 1.54) is 0 Å². The van der Waals surface area contributed by atoms with Gasteiger partial charge in [-0.15, -0.1) is 0 Å². The first-order chi connectivity index (χ1) is 2.79. The summed E-state index contributed by atoms with van der Waals surface area (Å²) in [6.07, 6.45) is -0.258. The molecule has 1 fully saturated rings. The third-order valence-electron chi connectivity index (χ3n) is 0.428. The molecule has 0 bridgehead atoms. The Labute approximate surface area is 38.1 Å². The van der Waals surface area contributed by atoms with Crippen LogP contribution in [0.2, 0.25) is 0 Å². The Hall–Kier alpha value is 0.0700. The highest BCUT2D eigenvalue weighted by Crippen LogP contribution is 2.10. The van der Waals surface area contributed by atoms with Crippen molar-refractivity contribution in [3.63, 3.8) is 0 Å². The van der Waals surface area contributed by atoms with E-state index in [2.05, 4.69) is 8.37 Å². The van der Waals surface area contributed by atoms with E-state index >= 15 is 0 Å². The summed E-state index contributed by atoms with van der Waals surface area (Å²) in [7, 11) is 0. The SMILES string of the molecule is CC1OS(=O)O1. The standard InChI is InChI=1S/C2H4O3S/c1-2-4-6(3)5-2/h2H,1H3. The van der Waals surface area contributed by atoms with Gasteiger partial charge in [0.25, 0.3) is 0 Å². The van der Waals surface area contributed by atoms with Gasteiger partial charge in [0.15, 0.2) is 6.29 Å². The predicted octanol–water partition coefficient (Wildman–Crippen LogP) is -0.0421. The smallest absolute Gasteiger partial charge is 0.235 e. The van der Waals surface area contributed by atoms with E-state index in [0.717, 1.165) is 0 Å². The summed E-state index contributed by atoms with van der Waals surface area (Å²) in [4.78, 5) is 0. The van der Waals surface area contributed by atoms with E-state index in [1.807, 2.05) is 0 Å². The lowest BCUT2D eigenvalue weighted by molar-refractivity contribution is -0.0456. The first-order valence-electron chi connectivity index (χ1n) is 1.55. The van der Waals surface area contributed by atoms with Gasteiger partial charge < -0.3 is 0 Å². The van der Waals surface area contributed by atoms with Crippen LogP contribution < -0.4 is 0 Å². The van der Waals surface area contributed by atoms with Crippen molar-refractivity contribution in [1.29, 1.82) is 0 Å². The van der Waals surface area contributed by atoms with E-state index in [0.29, 0.717) is 0 Å². The lowest BCUT2D eigenvalue weighted by atomic mass is 10.8. The maximum atomic E-state index is 9.78. The minimum Gasteiger partial charge on any atom is -0.235 e. The lowest BCUT2D eigenvalue weighted by Crippen LogP contribution is -2.27. The zero-order chi connectivity index (χ0) is 4.57.